The number of primary amides is 1. The third kappa shape index (κ3) is 4.48. The first-order valence-corrected chi connectivity index (χ1v) is 9.52. The molecule has 0 aliphatic carbocycles. The van der Waals surface area contributed by atoms with E-state index >= 15 is 0 Å². The summed E-state index contributed by atoms with van der Waals surface area (Å²) >= 11 is 1.35. The summed E-state index contributed by atoms with van der Waals surface area (Å²) in [6, 6.07) is 4.03. The summed E-state index contributed by atoms with van der Waals surface area (Å²) < 4.78 is 6.29. The van der Waals surface area contributed by atoms with Crippen molar-refractivity contribution >= 4 is 45.0 Å². The number of Topliss-reactive ketones (excluding diaryl/α,β-unsaturated/α-hetero) is 1. The first-order chi connectivity index (χ1) is 13.2. The summed E-state index contributed by atoms with van der Waals surface area (Å²) in [4.78, 5) is 47.8. The molecule has 0 unspecified atom stereocenters. The van der Waals surface area contributed by atoms with Crippen molar-refractivity contribution in [3.8, 4) is 5.75 Å². The number of nitrogens with two attached hydrogens (primary N) is 1. The smallest absolute Gasteiger partial charge is 0.326 e. The molecule has 0 aliphatic heterocycles. The quantitative estimate of drug-likeness (QED) is 0.429. The van der Waals surface area contributed by atoms with Crippen LogP contribution in [0.15, 0.2) is 18.2 Å². The number of ketones is 1. The van der Waals surface area contributed by atoms with E-state index in [9.17, 15) is 19.2 Å². The van der Waals surface area contributed by atoms with E-state index in [1.165, 1.54) is 11.3 Å². The van der Waals surface area contributed by atoms with Crippen LogP contribution in [0, 0.1) is 5.92 Å². The first-order valence-electron chi connectivity index (χ1n) is 8.70. The average Bonchev–Trinajstić information content (AvgIpc) is 3.02. The predicted octanol–water partition coefficient (Wildman–Crippen LogP) is 1.74. The van der Waals surface area contributed by atoms with Gasteiger partial charge in [0.2, 0.25) is 0 Å². The van der Waals surface area contributed by atoms with Crippen LogP contribution in [0.1, 0.15) is 36.0 Å². The summed E-state index contributed by atoms with van der Waals surface area (Å²) in [5.74, 6) is -3.66. The van der Waals surface area contributed by atoms with E-state index in [4.69, 9.17) is 15.6 Å². The molecule has 0 saturated heterocycles. The van der Waals surface area contributed by atoms with Crippen molar-refractivity contribution in [3.63, 3.8) is 0 Å². The second-order valence-electron chi connectivity index (χ2n) is 6.49. The molecule has 0 radical (unpaired) electrons. The second-order valence-corrected chi connectivity index (χ2v) is 7.63. The van der Waals surface area contributed by atoms with E-state index in [-0.39, 0.29) is 17.2 Å². The Kier molecular flexibility index (Phi) is 6.74. The van der Waals surface area contributed by atoms with Crippen molar-refractivity contribution in [1.82, 2.24) is 5.32 Å². The van der Waals surface area contributed by atoms with Gasteiger partial charge in [-0.2, -0.15) is 0 Å². The number of fused-ring (bicyclic) bond motifs is 1. The molecule has 0 saturated carbocycles. The van der Waals surface area contributed by atoms with Crippen LogP contribution in [-0.4, -0.2) is 41.3 Å². The van der Waals surface area contributed by atoms with E-state index in [0.717, 1.165) is 4.70 Å². The van der Waals surface area contributed by atoms with Crippen LogP contribution in [0.4, 0.5) is 0 Å². The molecule has 2 aromatic rings. The lowest BCUT2D eigenvalue weighted by Crippen LogP contribution is -2.46. The fourth-order valence-electron chi connectivity index (χ4n) is 2.77. The number of carbonyl (C=O) groups is 4. The van der Waals surface area contributed by atoms with Crippen LogP contribution < -0.4 is 15.8 Å². The number of nitrogens with one attached hydrogen (secondary N) is 1. The molecule has 0 aliphatic rings. The highest BCUT2D eigenvalue weighted by atomic mass is 32.1. The monoisotopic (exact) mass is 406 g/mol. The number of amides is 2. The Hall–Kier alpha value is -2.94. The van der Waals surface area contributed by atoms with Gasteiger partial charge in [-0.3, -0.25) is 14.4 Å². The Morgan fingerprint density at radius 2 is 1.93 bits per heavy atom. The van der Waals surface area contributed by atoms with E-state index in [1.54, 1.807) is 32.0 Å². The van der Waals surface area contributed by atoms with Crippen molar-refractivity contribution in [2.75, 3.05) is 6.61 Å². The minimum absolute atomic E-state index is 0.191. The molecule has 9 heteroatoms. The lowest BCUT2D eigenvalue weighted by Gasteiger charge is -2.18. The van der Waals surface area contributed by atoms with Gasteiger partial charge in [0.05, 0.1) is 5.56 Å². The molecule has 1 aromatic carbocycles. The topological polar surface area (TPSA) is 136 Å². The summed E-state index contributed by atoms with van der Waals surface area (Å²) in [6.07, 6.45) is 0.530. The van der Waals surface area contributed by atoms with Crippen molar-refractivity contribution in [2.24, 2.45) is 11.7 Å². The van der Waals surface area contributed by atoms with Gasteiger partial charge in [0, 0.05) is 15.0 Å². The molecular formula is C19H22N2O6S. The van der Waals surface area contributed by atoms with Gasteiger partial charge in [-0.25, -0.2) is 4.79 Å². The van der Waals surface area contributed by atoms with Gasteiger partial charge < -0.3 is 20.9 Å². The van der Waals surface area contributed by atoms with Gasteiger partial charge in [0.25, 0.3) is 17.6 Å². The largest absolute Gasteiger partial charge is 0.483 e. The lowest BCUT2D eigenvalue weighted by atomic mass is 10.0. The molecule has 1 heterocycles. The standard InChI is InChI=1S/C19H22N2O6S/c1-4-11-15(17(23)18(20)24)14-10(6-5-7-12(14)28-11)27-8-13(22)21-16(9(2)3)19(25)26/h5-7,9,16H,4,8H2,1-3H3,(H2,20,24)(H,21,22)(H,25,26)/t16-/m1/s1. The maximum absolute atomic E-state index is 12.3. The van der Waals surface area contributed by atoms with Crippen LogP contribution >= 0.6 is 11.3 Å². The van der Waals surface area contributed by atoms with Crippen LogP contribution in [0.5, 0.6) is 5.75 Å². The molecule has 2 amide bonds. The van der Waals surface area contributed by atoms with E-state index < -0.39 is 36.2 Å². The van der Waals surface area contributed by atoms with Gasteiger partial charge >= 0.3 is 5.97 Å². The van der Waals surface area contributed by atoms with Gasteiger partial charge in [0.15, 0.2) is 6.61 Å². The van der Waals surface area contributed by atoms with E-state index in [0.29, 0.717) is 16.7 Å². The molecule has 0 bridgehead atoms. The molecular weight excluding hydrogens is 384 g/mol. The number of rotatable bonds is 9. The predicted molar refractivity (Wildman–Crippen MR) is 105 cm³/mol. The third-order valence-electron chi connectivity index (χ3n) is 4.13. The fourth-order valence-corrected chi connectivity index (χ4v) is 3.93. The fraction of sp³-hybridized carbons (Fsp3) is 0.368. The number of ether oxygens (including phenoxy) is 1. The summed E-state index contributed by atoms with van der Waals surface area (Å²) in [7, 11) is 0. The number of benzene rings is 1. The van der Waals surface area contributed by atoms with Gasteiger partial charge in [-0.05, 0) is 24.5 Å². The SMILES string of the molecule is CCc1sc2cccc(OCC(=O)N[C@@H](C(=O)O)C(C)C)c2c1C(=O)C(N)=O. The van der Waals surface area contributed by atoms with E-state index in [1.807, 2.05) is 6.92 Å². The highest BCUT2D eigenvalue weighted by molar-refractivity contribution is 7.19. The first kappa shape index (κ1) is 21.4. The zero-order valence-corrected chi connectivity index (χ0v) is 16.6. The van der Waals surface area contributed by atoms with Gasteiger partial charge in [-0.1, -0.05) is 26.8 Å². The Labute approximate surface area is 165 Å². The van der Waals surface area contributed by atoms with Crippen molar-refractivity contribution in [2.45, 2.75) is 33.2 Å². The number of hydrogen-bond donors (Lipinski definition) is 3. The molecule has 1 aromatic heterocycles. The number of carboxylic acids is 1. The van der Waals surface area contributed by atoms with Crippen LogP contribution in [-0.2, 0) is 20.8 Å². The molecule has 150 valence electrons. The van der Waals surface area contributed by atoms with E-state index in [2.05, 4.69) is 5.32 Å². The molecule has 0 spiro atoms. The molecule has 0 fully saturated rings. The number of aliphatic carboxylic acids is 1. The molecule has 1 atom stereocenters. The van der Waals surface area contributed by atoms with Gasteiger partial charge in [-0.15, -0.1) is 11.3 Å². The number of hydrogen-bond acceptors (Lipinski definition) is 6. The second kappa shape index (κ2) is 8.83. The highest BCUT2D eigenvalue weighted by Gasteiger charge is 2.26. The Morgan fingerprint density at radius 3 is 2.46 bits per heavy atom. The molecule has 2 rings (SSSR count). The zero-order chi connectivity index (χ0) is 21.0. The number of aryl methyl sites for hydroxylation is 1. The lowest BCUT2D eigenvalue weighted by molar-refractivity contribution is -0.143. The van der Waals surface area contributed by atoms with Gasteiger partial charge in [0.1, 0.15) is 11.8 Å². The average molecular weight is 406 g/mol. The molecule has 4 N–H and O–H groups in total. The minimum Gasteiger partial charge on any atom is -0.483 e. The van der Waals surface area contributed by atoms with Crippen LogP contribution in [0.25, 0.3) is 10.1 Å². The normalized spacial score (nSPS) is 12.0. The summed E-state index contributed by atoms with van der Waals surface area (Å²) in [5.41, 5.74) is 5.37. The number of carboxylic acid groups (broad SMARTS) is 1. The Bertz CT molecular complexity index is 934. The van der Waals surface area contributed by atoms with Crippen LogP contribution in [0.3, 0.4) is 0 Å². The van der Waals surface area contributed by atoms with Crippen molar-refractivity contribution in [1.29, 1.82) is 0 Å². The number of thiophene rings is 1. The zero-order valence-electron chi connectivity index (χ0n) is 15.8. The summed E-state index contributed by atoms with van der Waals surface area (Å²) in [6.45, 7) is 4.78. The van der Waals surface area contributed by atoms with Crippen LogP contribution in [0.2, 0.25) is 0 Å². The van der Waals surface area contributed by atoms with Crippen molar-refractivity contribution < 1.29 is 29.0 Å². The molecule has 8 nitrogen and oxygen atoms in total. The maximum atomic E-state index is 12.3. The number of carbonyl (C=O) groups excluding carboxylic acids is 3. The third-order valence-corrected chi connectivity index (χ3v) is 5.43. The Balaban J connectivity index is 2.31. The highest BCUT2D eigenvalue weighted by Crippen LogP contribution is 2.38. The Morgan fingerprint density at radius 1 is 1.25 bits per heavy atom. The minimum atomic E-state index is -1.13. The van der Waals surface area contributed by atoms with Crippen molar-refractivity contribution in [3.05, 3.63) is 28.6 Å². The molecule has 28 heavy (non-hydrogen) atoms. The maximum Gasteiger partial charge on any atom is 0.326 e. The summed E-state index contributed by atoms with van der Waals surface area (Å²) in [5, 5.41) is 12.0.